The number of aliphatic hydroxyl groups is 1. The quantitative estimate of drug-likeness (QED) is 0.514. The molecule has 3 atom stereocenters. The smallest absolute Gasteiger partial charge is 0.308 e. The molecule has 0 aromatic heterocycles. The first-order valence-electron chi connectivity index (χ1n) is 8.49. The maximum absolute atomic E-state index is 12.0. The van der Waals surface area contributed by atoms with Crippen LogP contribution in [0.25, 0.3) is 0 Å². The van der Waals surface area contributed by atoms with Gasteiger partial charge in [-0.1, -0.05) is 6.92 Å². The Hall–Kier alpha value is -0.650. The van der Waals surface area contributed by atoms with E-state index in [0.717, 1.165) is 32.2 Å². The number of rotatable bonds is 8. The predicted molar refractivity (Wildman–Crippen MR) is 85.9 cm³/mol. The van der Waals surface area contributed by atoms with Crippen molar-refractivity contribution in [3.63, 3.8) is 0 Å². The van der Waals surface area contributed by atoms with Gasteiger partial charge in [0.1, 0.15) is 0 Å². The van der Waals surface area contributed by atoms with Gasteiger partial charge in [0, 0.05) is 13.0 Å². The summed E-state index contributed by atoms with van der Waals surface area (Å²) in [5.74, 6) is -0.228. The number of ether oxygens (including phenoxy) is 2. The molecule has 1 saturated heterocycles. The second kappa shape index (κ2) is 8.27. The van der Waals surface area contributed by atoms with Crippen LogP contribution in [-0.4, -0.2) is 56.1 Å². The van der Waals surface area contributed by atoms with Gasteiger partial charge < -0.3 is 19.5 Å². The lowest BCUT2D eigenvalue weighted by molar-refractivity contribution is -0.858. The lowest BCUT2D eigenvalue weighted by atomic mass is 9.75. The Morgan fingerprint density at radius 2 is 2.18 bits per heavy atom. The molecule has 2 N–H and O–H groups in total. The number of esters is 1. The summed E-state index contributed by atoms with van der Waals surface area (Å²) in [5, 5.41) is 10.7. The highest BCUT2D eigenvalue weighted by Gasteiger charge is 2.42. The molecule has 0 spiro atoms. The Morgan fingerprint density at radius 1 is 1.50 bits per heavy atom. The minimum Gasteiger partial charge on any atom is -0.465 e. The van der Waals surface area contributed by atoms with Crippen molar-refractivity contribution in [3.8, 4) is 0 Å². The largest absolute Gasteiger partial charge is 0.465 e. The average molecular weight is 316 g/mol. The summed E-state index contributed by atoms with van der Waals surface area (Å²) >= 11 is 0. The molecule has 22 heavy (non-hydrogen) atoms. The summed E-state index contributed by atoms with van der Waals surface area (Å²) in [5.41, 5.74) is -1.21. The van der Waals surface area contributed by atoms with Gasteiger partial charge in [0.25, 0.3) is 0 Å². The fourth-order valence-corrected chi connectivity index (χ4v) is 3.01. The zero-order chi connectivity index (χ0) is 16.8. The van der Waals surface area contributed by atoms with Gasteiger partial charge in [-0.15, -0.1) is 0 Å². The standard InChI is InChI=1S/C17H33NO4/c1-6-16(2)12-14(8-11-22-16)17(3,20)13-15(19)21-10-7-9-18(4)5/h14,20H,6-13H2,1-5H3/p+1/t14-,16+,17-/m1/s1. The first-order chi connectivity index (χ1) is 10.2. The van der Waals surface area contributed by atoms with E-state index in [-0.39, 0.29) is 23.9 Å². The van der Waals surface area contributed by atoms with Crippen LogP contribution < -0.4 is 4.90 Å². The Labute approximate surface area is 135 Å². The van der Waals surface area contributed by atoms with E-state index in [9.17, 15) is 9.90 Å². The van der Waals surface area contributed by atoms with Gasteiger partial charge >= 0.3 is 5.97 Å². The molecule has 0 unspecified atom stereocenters. The highest BCUT2D eigenvalue weighted by molar-refractivity contribution is 5.70. The number of carbonyl (C=O) groups excluding carboxylic acids is 1. The first-order valence-corrected chi connectivity index (χ1v) is 8.49. The molecule has 0 radical (unpaired) electrons. The van der Waals surface area contributed by atoms with E-state index in [1.54, 1.807) is 6.92 Å². The van der Waals surface area contributed by atoms with Crippen molar-refractivity contribution in [3.05, 3.63) is 0 Å². The summed E-state index contributed by atoms with van der Waals surface area (Å²) < 4.78 is 11.1. The third kappa shape index (κ3) is 6.23. The summed E-state index contributed by atoms with van der Waals surface area (Å²) in [6.07, 6.45) is 3.40. The normalized spacial score (nSPS) is 28.4. The second-order valence-electron chi connectivity index (χ2n) is 7.41. The number of quaternary nitrogens is 1. The maximum Gasteiger partial charge on any atom is 0.308 e. The molecular formula is C17H34NO4+. The Bertz CT molecular complexity index is 357. The van der Waals surface area contributed by atoms with E-state index < -0.39 is 5.60 Å². The first kappa shape index (κ1) is 19.4. The average Bonchev–Trinajstić information content (AvgIpc) is 2.43. The Balaban J connectivity index is 2.43. The molecular weight excluding hydrogens is 282 g/mol. The van der Waals surface area contributed by atoms with Crippen molar-refractivity contribution < 1.29 is 24.3 Å². The molecule has 1 fully saturated rings. The summed E-state index contributed by atoms with van der Waals surface area (Å²) in [6.45, 7) is 7.98. The van der Waals surface area contributed by atoms with Crippen LogP contribution in [0.4, 0.5) is 0 Å². The number of carbonyl (C=O) groups is 1. The van der Waals surface area contributed by atoms with Crippen molar-refractivity contribution >= 4 is 5.97 Å². The fourth-order valence-electron chi connectivity index (χ4n) is 3.01. The zero-order valence-corrected chi connectivity index (χ0v) is 14.9. The van der Waals surface area contributed by atoms with Crippen LogP contribution in [0, 0.1) is 5.92 Å². The van der Waals surface area contributed by atoms with Gasteiger partial charge in [0.2, 0.25) is 0 Å². The second-order valence-corrected chi connectivity index (χ2v) is 7.41. The topological polar surface area (TPSA) is 60.2 Å². The van der Waals surface area contributed by atoms with Crippen LogP contribution >= 0.6 is 0 Å². The van der Waals surface area contributed by atoms with E-state index in [2.05, 4.69) is 27.9 Å². The summed E-state index contributed by atoms with van der Waals surface area (Å²) in [7, 11) is 4.14. The van der Waals surface area contributed by atoms with Crippen LogP contribution in [0.1, 0.15) is 52.9 Å². The molecule has 0 aliphatic carbocycles. The molecule has 1 rings (SSSR count). The lowest BCUT2D eigenvalue weighted by Crippen LogP contribution is -3.05. The van der Waals surface area contributed by atoms with Crippen molar-refractivity contribution in [2.24, 2.45) is 5.92 Å². The molecule has 5 heteroatoms. The van der Waals surface area contributed by atoms with E-state index in [0.29, 0.717) is 13.2 Å². The monoisotopic (exact) mass is 316 g/mol. The highest BCUT2D eigenvalue weighted by Crippen LogP contribution is 2.38. The van der Waals surface area contributed by atoms with E-state index in [4.69, 9.17) is 9.47 Å². The third-order valence-electron chi connectivity index (χ3n) is 4.81. The number of hydrogen-bond donors (Lipinski definition) is 2. The van der Waals surface area contributed by atoms with E-state index in [1.165, 1.54) is 4.90 Å². The van der Waals surface area contributed by atoms with Gasteiger partial charge in [0.05, 0.1) is 44.9 Å². The molecule has 0 amide bonds. The van der Waals surface area contributed by atoms with Crippen LogP contribution in [0.15, 0.2) is 0 Å². The van der Waals surface area contributed by atoms with Gasteiger partial charge in [-0.05, 0) is 39.0 Å². The SMILES string of the molecule is CC[C@@]1(C)C[C@H]([C@](C)(O)CC(=O)OCCC[NH+](C)C)CCO1. The van der Waals surface area contributed by atoms with Gasteiger partial charge in [0.15, 0.2) is 0 Å². The van der Waals surface area contributed by atoms with Gasteiger partial charge in [-0.2, -0.15) is 0 Å². The molecule has 0 saturated carbocycles. The van der Waals surface area contributed by atoms with Gasteiger partial charge in [-0.25, -0.2) is 0 Å². The number of hydrogen-bond acceptors (Lipinski definition) is 4. The molecule has 1 aliphatic heterocycles. The molecule has 0 aromatic carbocycles. The zero-order valence-electron chi connectivity index (χ0n) is 14.9. The van der Waals surface area contributed by atoms with Crippen molar-refractivity contribution in [2.75, 3.05) is 33.9 Å². The summed E-state index contributed by atoms with van der Waals surface area (Å²) in [6, 6.07) is 0. The highest BCUT2D eigenvalue weighted by atomic mass is 16.5. The minimum atomic E-state index is -1.02. The fraction of sp³-hybridized carbons (Fsp3) is 0.941. The van der Waals surface area contributed by atoms with Crippen molar-refractivity contribution in [1.82, 2.24) is 0 Å². The molecule has 130 valence electrons. The molecule has 0 aromatic rings. The molecule has 0 bridgehead atoms. The lowest BCUT2D eigenvalue weighted by Gasteiger charge is -2.43. The molecule has 1 heterocycles. The minimum absolute atomic E-state index is 0.0618. The molecule has 5 nitrogen and oxygen atoms in total. The summed E-state index contributed by atoms with van der Waals surface area (Å²) in [4.78, 5) is 13.3. The van der Waals surface area contributed by atoms with Crippen LogP contribution in [0.3, 0.4) is 0 Å². The Kier molecular flexibility index (Phi) is 7.29. The van der Waals surface area contributed by atoms with E-state index in [1.807, 2.05) is 0 Å². The van der Waals surface area contributed by atoms with Crippen molar-refractivity contribution in [1.29, 1.82) is 0 Å². The van der Waals surface area contributed by atoms with Crippen molar-refractivity contribution in [2.45, 2.75) is 64.1 Å². The number of nitrogens with one attached hydrogen (secondary N) is 1. The third-order valence-corrected chi connectivity index (χ3v) is 4.81. The Morgan fingerprint density at radius 3 is 2.77 bits per heavy atom. The maximum atomic E-state index is 12.0. The van der Waals surface area contributed by atoms with Crippen LogP contribution in [0.5, 0.6) is 0 Å². The van der Waals surface area contributed by atoms with Crippen LogP contribution in [0.2, 0.25) is 0 Å². The van der Waals surface area contributed by atoms with Crippen LogP contribution in [-0.2, 0) is 14.3 Å². The van der Waals surface area contributed by atoms with E-state index >= 15 is 0 Å². The van der Waals surface area contributed by atoms with Gasteiger partial charge in [-0.3, -0.25) is 4.79 Å². The predicted octanol–water partition coefficient (Wildman–Crippen LogP) is 0.801. The molecule has 1 aliphatic rings.